The van der Waals surface area contributed by atoms with Crippen LogP contribution in [0.4, 0.5) is 0 Å². The van der Waals surface area contributed by atoms with Crippen LogP contribution in [0.15, 0.2) is 12.2 Å². The maximum atomic E-state index is 10.3. The van der Waals surface area contributed by atoms with Gasteiger partial charge in [-0.2, -0.15) is 0 Å². The van der Waals surface area contributed by atoms with Crippen molar-refractivity contribution in [3.8, 4) is 0 Å². The highest BCUT2D eigenvalue weighted by atomic mass is 16.1. The van der Waals surface area contributed by atoms with Crippen LogP contribution < -0.4 is 5.32 Å². The van der Waals surface area contributed by atoms with Crippen molar-refractivity contribution in [1.29, 1.82) is 0 Å². The van der Waals surface area contributed by atoms with Crippen molar-refractivity contribution < 1.29 is 4.79 Å². The largest absolute Gasteiger partial charge is 0.316 e. The molecule has 0 unspecified atom stereocenters. The zero-order valence-electron chi connectivity index (χ0n) is 11.6. The molecule has 0 aliphatic carbocycles. The number of hydrogen-bond acceptors (Lipinski definition) is 2. The summed E-state index contributed by atoms with van der Waals surface area (Å²) in [6.45, 7) is 12.9. The minimum atomic E-state index is 0.211. The Morgan fingerprint density at radius 1 is 1.20 bits per heavy atom. The van der Waals surface area contributed by atoms with Crippen LogP contribution in [-0.2, 0) is 4.79 Å². The van der Waals surface area contributed by atoms with Gasteiger partial charge in [-0.3, -0.25) is 4.79 Å². The quantitative estimate of drug-likeness (QED) is 0.728. The Hall–Kier alpha value is -0.630. The van der Waals surface area contributed by atoms with Crippen LogP contribution in [0.2, 0.25) is 0 Å². The molecule has 92 valence electrons. The standard InChI is InChI=1S/C7H13NO.C4H10.C2H6/c1-7(9)5-3-4-6-8-2;1-4(2)3;1-2/h3-4,8H,5-6H2,1-2H3;4H,1-3H3;1-2H3/b4-3+;;. The van der Waals surface area contributed by atoms with Crippen LogP contribution in [0.3, 0.4) is 0 Å². The van der Waals surface area contributed by atoms with Gasteiger partial charge >= 0.3 is 0 Å². The molecule has 0 aliphatic rings. The maximum Gasteiger partial charge on any atom is 0.133 e. The molecule has 2 nitrogen and oxygen atoms in total. The molecule has 0 aromatic rings. The van der Waals surface area contributed by atoms with E-state index in [2.05, 4.69) is 26.1 Å². The Labute approximate surface area is 96.2 Å². The summed E-state index contributed by atoms with van der Waals surface area (Å²) in [6.07, 6.45) is 4.38. The molecule has 0 atom stereocenters. The highest BCUT2D eigenvalue weighted by Crippen LogP contribution is 1.82. The van der Waals surface area contributed by atoms with Gasteiger partial charge in [0, 0.05) is 13.0 Å². The Balaban J connectivity index is -0.000000202. The Morgan fingerprint density at radius 3 is 1.87 bits per heavy atom. The van der Waals surface area contributed by atoms with Crippen molar-refractivity contribution in [1.82, 2.24) is 5.32 Å². The number of carbonyl (C=O) groups excluding carboxylic acids is 1. The van der Waals surface area contributed by atoms with E-state index in [9.17, 15) is 4.79 Å². The van der Waals surface area contributed by atoms with Crippen LogP contribution in [-0.4, -0.2) is 19.4 Å². The first-order valence-corrected chi connectivity index (χ1v) is 5.79. The summed E-state index contributed by atoms with van der Waals surface area (Å²) in [5.41, 5.74) is 0. The molecule has 0 bridgehead atoms. The van der Waals surface area contributed by atoms with E-state index in [1.54, 1.807) is 6.92 Å². The van der Waals surface area contributed by atoms with Crippen molar-refractivity contribution >= 4 is 5.78 Å². The SMILES string of the molecule is CC.CC(C)C.CNC/C=C/CC(C)=O. The van der Waals surface area contributed by atoms with Crippen LogP contribution in [0.25, 0.3) is 0 Å². The Kier molecular flexibility index (Phi) is 25.2. The summed E-state index contributed by atoms with van der Waals surface area (Å²) in [6, 6.07) is 0. The van der Waals surface area contributed by atoms with Crippen molar-refractivity contribution in [2.75, 3.05) is 13.6 Å². The van der Waals surface area contributed by atoms with E-state index >= 15 is 0 Å². The predicted octanol–water partition coefficient (Wildman–Crippen LogP) is 3.43. The van der Waals surface area contributed by atoms with Gasteiger partial charge in [-0.15, -0.1) is 0 Å². The van der Waals surface area contributed by atoms with Crippen LogP contribution in [0.5, 0.6) is 0 Å². The molecule has 0 amide bonds. The number of rotatable bonds is 4. The lowest BCUT2D eigenvalue weighted by atomic mass is 10.3. The number of carbonyl (C=O) groups is 1. The molecule has 15 heavy (non-hydrogen) atoms. The molecule has 2 heteroatoms. The lowest BCUT2D eigenvalue weighted by Gasteiger charge is -1.86. The predicted molar refractivity (Wildman–Crippen MR) is 70.2 cm³/mol. The molecule has 0 radical (unpaired) electrons. The molecular weight excluding hydrogens is 186 g/mol. The molecule has 0 aromatic heterocycles. The number of hydrogen-bond donors (Lipinski definition) is 1. The molecule has 0 aromatic carbocycles. The molecule has 0 spiro atoms. The molecule has 0 saturated heterocycles. The first-order valence-electron chi connectivity index (χ1n) is 5.79. The average molecular weight is 215 g/mol. The second-order valence-corrected chi connectivity index (χ2v) is 3.67. The fraction of sp³-hybridized carbons (Fsp3) is 0.769. The molecular formula is C13H29NO. The second kappa shape index (κ2) is 19.0. The van der Waals surface area contributed by atoms with Gasteiger partial charge in [0.2, 0.25) is 0 Å². The summed E-state index contributed by atoms with van der Waals surface area (Å²) < 4.78 is 0. The lowest BCUT2D eigenvalue weighted by molar-refractivity contribution is -0.116. The highest BCUT2D eigenvalue weighted by molar-refractivity contribution is 5.76. The van der Waals surface area contributed by atoms with E-state index in [-0.39, 0.29) is 5.78 Å². The fourth-order valence-electron chi connectivity index (χ4n) is 0.450. The fourth-order valence-corrected chi connectivity index (χ4v) is 0.450. The van der Waals surface area contributed by atoms with Gasteiger partial charge in [-0.05, 0) is 19.9 Å². The lowest BCUT2D eigenvalue weighted by Crippen LogP contribution is -2.03. The van der Waals surface area contributed by atoms with Gasteiger partial charge < -0.3 is 5.32 Å². The normalized spacial score (nSPS) is 9.07. The van der Waals surface area contributed by atoms with Crippen LogP contribution in [0.1, 0.15) is 48.0 Å². The third-order valence-electron chi connectivity index (χ3n) is 0.894. The minimum Gasteiger partial charge on any atom is -0.316 e. The van der Waals surface area contributed by atoms with Crippen molar-refractivity contribution in [2.24, 2.45) is 5.92 Å². The van der Waals surface area contributed by atoms with Gasteiger partial charge in [0.1, 0.15) is 5.78 Å². The van der Waals surface area contributed by atoms with E-state index in [1.165, 1.54) is 0 Å². The van der Waals surface area contributed by atoms with E-state index in [4.69, 9.17) is 0 Å². The van der Waals surface area contributed by atoms with Gasteiger partial charge in [0.15, 0.2) is 0 Å². The van der Waals surface area contributed by atoms with E-state index < -0.39 is 0 Å². The van der Waals surface area contributed by atoms with Crippen LogP contribution >= 0.6 is 0 Å². The number of Topliss-reactive ketones (excluding diaryl/α,β-unsaturated/α-hetero) is 1. The summed E-state index contributed by atoms with van der Waals surface area (Å²) in [5.74, 6) is 1.04. The average Bonchev–Trinajstić information content (AvgIpc) is 2.15. The first kappa shape index (κ1) is 19.9. The summed E-state index contributed by atoms with van der Waals surface area (Å²) >= 11 is 0. The summed E-state index contributed by atoms with van der Waals surface area (Å²) in [4.78, 5) is 10.3. The highest BCUT2D eigenvalue weighted by Gasteiger charge is 1.83. The number of likely N-dealkylation sites (N-methyl/N-ethyl adjacent to an activating group) is 1. The zero-order chi connectivity index (χ0) is 12.7. The Bertz CT molecular complexity index is 137. The van der Waals surface area contributed by atoms with Gasteiger partial charge in [-0.1, -0.05) is 46.8 Å². The van der Waals surface area contributed by atoms with Gasteiger partial charge in [-0.25, -0.2) is 0 Å². The number of nitrogens with one attached hydrogen (secondary N) is 1. The van der Waals surface area contributed by atoms with Crippen LogP contribution in [0, 0.1) is 5.92 Å². The van der Waals surface area contributed by atoms with E-state index in [1.807, 2.05) is 33.0 Å². The smallest absolute Gasteiger partial charge is 0.133 e. The maximum absolute atomic E-state index is 10.3. The first-order chi connectivity index (χ1) is 7.00. The molecule has 1 N–H and O–H groups in total. The number of allylic oxidation sites excluding steroid dienone is 1. The van der Waals surface area contributed by atoms with E-state index in [0.717, 1.165) is 12.5 Å². The molecule has 0 aliphatic heterocycles. The molecule has 0 heterocycles. The monoisotopic (exact) mass is 215 g/mol. The zero-order valence-corrected chi connectivity index (χ0v) is 11.6. The third-order valence-corrected chi connectivity index (χ3v) is 0.894. The minimum absolute atomic E-state index is 0.211. The topological polar surface area (TPSA) is 29.1 Å². The molecule has 0 fully saturated rings. The van der Waals surface area contributed by atoms with E-state index in [0.29, 0.717) is 6.42 Å². The van der Waals surface area contributed by atoms with Gasteiger partial charge in [0.25, 0.3) is 0 Å². The van der Waals surface area contributed by atoms with Gasteiger partial charge in [0.05, 0.1) is 0 Å². The van der Waals surface area contributed by atoms with Crippen molar-refractivity contribution in [2.45, 2.75) is 48.0 Å². The third kappa shape index (κ3) is 59.9. The Morgan fingerprint density at radius 2 is 1.60 bits per heavy atom. The molecule has 0 saturated carbocycles. The van der Waals surface area contributed by atoms with Crippen molar-refractivity contribution in [3.05, 3.63) is 12.2 Å². The second-order valence-electron chi connectivity index (χ2n) is 3.67. The summed E-state index contributed by atoms with van der Waals surface area (Å²) in [7, 11) is 1.87. The number of ketones is 1. The summed E-state index contributed by atoms with van der Waals surface area (Å²) in [5, 5.41) is 2.94. The van der Waals surface area contributed by atoms with Crippen molar-refractivity contribution in [3.63, 3.8) is 0 Å². The molecule has 0 rings (SSSR count).